The maximum Gasteiger partial charge on any atom is 0.165 e. The van der Waals surface area contributed by atoms with Gasteiger partial charge in [0.25, 0.3) is 0 Å². The summed E-state index contributed by atoms with van der Waals surface area (Å²) in [4.78, 5) is -0.0505. The predicted molar refractivity (Wildman–Crippen MR) is 82.6 cm³/mol. The van der Waals surface area contributed by atoms with Gasteiger partial charge < -0.3 is 4.74 Å². The Morgan fingerprint density at radius 3 is 2.53 bits per heavy atom. The van der Waals surface area contributed by atoms with Crippen LogP contribution >= 0.6 is 31.9 Å². The molecule has 19 heavy (non-hydrogen) atoms. The monoisotopic (exact) mass is 386 g/mol. The van der Waals surface area contributed by atoms with E-state index in [2.05, 4.69) is 31.9 Å². The van der Waals surface area contributed by atoms with E-state index >= 15 is 0 Å². The molecule has 0 saturated carbocycles. The summed E-state index contributed by atoms with van der Waals surface area (Å²) in [5.41, 5.74) is 3.12. The van der Waals surface area contributed by atoms with Crippen LogP contribution in [-0.2, 0) is 0 Å². The van der Waals surface area contributed by atoms with Gasteiger partial charge in [-0.15, -0.1) is 0 Å². The normalized spacial score (nSPS) is 12.3. The van der Waals surface area contributed by atoms with E-state index < -0.39 is 0 Å². The van der Waals surface area contributed by atoms with Gasteiger partial charge >= 0.3 is 0 Å². The summed E-state index contributed by atoms with van der Waals surface area (Å²) in [5.74, 6) is -0.0912. The lowest BCUT2D eigenvalue weighted by Crippen LogP contribution is -1.98. The van der Waals surface area contributed by atoms with Crippen molar-refractivity contribution in [3.05, 3.63) is 63.4 Å². The lowest BCUT2D eigenvalue weighted by atomic mass is 10.0. The summed E-state index contributed by atoms with van der Waals surface area (Å²) in [6, 6.07) is 11.1. The first-order valence-electron chi connectivity index (χ1n) is 5.76. The topological polar surface area (TPSA) is 9.23 Å². The van der Waals surface area contributed by atoms with Gasteiger partial charge in [-0.1, -0.05) is 44.0 Å². The van der Waals surface area contributed by atoms with Gasteiger partial charge in [0.05, 0.1) is 11.9 Å². The molecule has 0 saturated heterocycles. The fraction of sp³-hybridized carbons (Fsp3) is 0.200. The van der Waals surface area contributed by atoms with E-state index in [1.807, 2.05) is 31.2 Å². The van der Waals surface area contributed by atoms with Crippen molar-refractivity contribution in [2.24, 2.45) is 0 Å². The lowest BCUT2D eigenvalue weighted by Gasteiger charge is -2.15. The molecule has 1 unspecified atom stereocenters. The Bertz CT molecular complexity index is 599. The van der Waals surface area contributed by atoms with Crippen LogP contribution in [0.25, 0.3) is 0 Å². The smallest absolute Gasteiger partial charge is 0.165 e. The fourth-order valence-electron chi connectivity index (χ4n) is 1.90. The number of ether oxygens (including phenoxy) is 1. The molecule has 4 heteroatoms. The molecule has 0 aromatic heterocycles. The summed E-state index contributed by atoms with van der Waals surface area (Å²) < 4.78 is 19.7. The second-order valence-corrected chi connectivity index (χ2v) is 6.09. The first-order valence-corrected chi connectivity index (χ1v) is 7.47. The van der Waals surface area contributed by atoms with Crippen molar-refractivity contribution in [3.63, 3.8) is 0 Å². The Kier molecular flexibility index (Phi) is 4.63. The van der Waals surface area contributed by atoms with Gasteiger partial charge in [0.1, 0.15) is 0 Å². The molecule has 0 heterocycles. The number of methoxy groups -OCH3 is 1. The first-order chi connectivity index (χ1) is 9.02. The number of benzene rings is 2. The second-order valence-electron chi connectivity index (χ2n) is 4.26. The molecular formula is C15H13Br2FO. The van der Waals surface area contributed by atoms with Crippen LogP contribution in [0.4, 0.5) is 4.39 Å². The Morgan fingerprint density at radius 1 is 1.16 bits per heavy atom. The number of hydrogen-bond donors (Lipinski definition) is 0. The van der Waals surface area contributed by atoms with Crippen LogP contribution in [0.3, 0.4) is 0 Å². The Labute approximate surface area is 129 Å². The zero-order chi connectivity index (χ0) is 14.0. The van der Waals surface area contributed by atoms with Crippen LogP contribution in [0.1, 0.15) is 21.5 Å². The first kappa shape index (κ1) is 14.5. The Hall–Kier alpha value is -0.870. The molecule has 0 aliphatic carbocycles. The van der Waals surface area contributed by atoms with Gasteiger partial charge in [-0.25, -0.2) is 4.39 Å². The molecule has 0 aliphatic heterocycles. The van der Waals surface area contributed by atoms with Gasteiger partial charge in [-0.2, -0.15) is 0 Å². The van der Waals surface area contributed by atoms with Crippen molar-refractivity contribution < 1.29 is 9.13 Å². The zero-order valence-corrected chi connectivity index (χ0v) is 13.8. The Morgan fingerprint density at radius 2 is 1.89 bits per heavy atom. The SMILES string of the molecule is COc1ccc(C(Br)c2cc(Br)ccc2C)cc1F. The molecule has 2 rings (SSSR count). The van der Waals surface area contributed by atoms with Gasteiger partial charge in [0.2, 0.25) is 0 Å². The maximum absolute atomic E-state index is 13.8. The van der Waals surface area contributed by atoms with Crippen molar-refractivity contribution in [2.75, 3.05) is 7.11 Å². The molecule has 2 aromatic rings. The van der Waals surface area contributed by atoms with Crippen LogP contribution in [0.15, 0.2) is 40.9 Å². The quantitative estimate of drug-likeness (QED) is 0.641. The molecule has 0 spiro atoms. The summed E-state index contributed by atoms with van der Waals surface area (Å²) in [6.45, 7) is 2.04. The van der Waals surface area contributed by atoms with Gasteiger partial charge in [0.15, 0.2) is 11.6 Å². The average Bonchev–Trinajstić information content (AvgIpc) is 2.40. The molecule has 0 fully saturated rings. The van der Waals surface area contributed by atoms with E-state index in [1.165, 1.54) is 13.2 Å². The van der Waals surface area contributed by atoms with Crippen LogP contribution in [0.2, 0.25) is 0 Å². The molecule has 1 nitrogen and oxygen atoms in total. The molecule has 0 amide bonds. The van der Waals surface area contributed by atoms with E-state index in [0.717, 1.165) is 21.2 Å². The number of halogens is 3. The van der Waals surface area contributed by atoms with Crippen LogP contribution in [-0.4, -0.2) is 7.11 Å². The number of hydrogen-bond acceptors (Lipinski definition) is 1. The highest BCUT2D eigenvalue weighted by Gasteiger charge is 2.15. The van der Waals surface area contributed by atoms with E-state index in [1.54, 1.807) is 6.07 Å². The summed E-state index contributed by atoms with van der Waals surface area (Å²) >= 11 is 7.09. The summed E-state index contributed by atoms with van der Waals surface area (Å²) in [7, 11) is 1.46. The molecule has 1 atom stereocenters. The van der Waals surface area contributed by atoms with Crippen LogP contribution < -0.4 is 4.74 Å². The van der Waals surface area contributed by atoms with Crippen molar-refractivity contribution in [1.29, 1.82) is 0 Å². The third-order valence-electron chi connectivity index (χ3n) is 2.98. The van der Waals surface area contributed by atoms with E-state index in [0.29, 0.717) is 0 Å². The fourth-order valence-corrected chi connectivity index (χ4v) is 3.06. The largest absolute Gasteiger partial charge is 0.494 e. The van der Waals surface area contributed by atoms with Gasteiger partial charge in [0, 0.05) is 4.47 Å². The minimum absolute atomic E-state index is 0.0505. The summed E-state index contributed by atoms with van der Waals surface area (Å²) in [6.07, 6.45) is 0. The van der Waals surface area contributed by atoms with Gasteiger partial charge in [-0.05, 0) is 47.9 Å². The van der Waals surface area contributed by atoms with Crippen molar-refractivity contribution in [2.45, 2.75) is 11.8 Å². The molecule has 0 N–H and O–H groups in total. The van der Waals surface area contributed by atoms with Gasteiger partial charge in [-0.3, -0.25) is 0 Å². The minimum atomic E-state index is -0.350. The molecule has 0 bridgehead atoms. The molecule has 2 aromatic carbocycles. The number of rotatable bonds is 3. The highest BCUT2D eigenvalue weighted by Crippen LogP contribution is 2.35. The van der Waals surface area contributed by atoms with Crippen molar-refractivity contribution in [3.8, 4) is 5.75 Å². The standard InChI is InChI=1S/C15H13Br2FO/c1-9-3-5-11(16)8-12(9)15(17)10-4-6-14(19-2)13(18)7-10/h3-8,15H,1-2H3. The molecule has 0 radical (unpaired) electrons. The highest BCUT2D eigenvalue weighted by molar-refractivity contribution is 9.10. The molecular weight excluding hydrogens is 375 g/mol. The number of alkyl halides is 1. The Balaban J connectivity index is 2.41. The highest BCUT2D eigenvalue weighted by atomic mass is 79.9. The van der Waals surface area contributed by atoms with Crippen molar-refractivity contribution in [1.82, 2.24) is 0 Å². The zero-order valence-electron chi connectivity index (χ0n) is 10.6. The minimum Gasteiger partial charge on any atom is -0.494 e. The predicted octanol–water partition coefficient (Wildman–Crippen LogP) is 5.39. The average molecular weight is 388 g/mol. The van der Waals surface area contributed by atoms with Crippen molar-refractivity contribution >= 4 is 31.9 Å². The lowest BCUT2D eigenvalue weighted by molar-refractivity contribution is 0.386. The number of aryl methyl sites for hydroxylation is 1. The third-order valence-corrected chi connectivity index (χ3v) is 4.50. The maximum atomic E-state index is 13.8. The van der Waals surface area contributed by atoms with Crippen LogP contribution in [0.5, 0.6) is 5.75 Å². The second kappa shape index (κ2) is 6.06. The van der Waals surface area contributed by atoms with E-state index in [4.69, 9.17) is 4.74 Å². The van der Waals surface area contributed by atoms with E-state index in [9.17, 15) is 4.39 Å². The van der Waals surface area contributed by atoms with E-state index in [-0.39, 0.29) is 16.4 Å². The summed E-state index contributed by atoms with van der Waals surface area (Å²) in [5, 5.41) is 0. The molecule has 100 valence electrons. The van der Waals surface area contributed by atoms with Crippen LogP contribution in [0, 0.1) is 12.7 Å². The molecule has 0 aliphatic rings. The third kappa shape index (κ3) is 3.18.